The van der Waals surface area contributed by atoms with E-state index in [2.05, 4.69) is 40.0 Å². The fourth-order valence-corrected chi connectivity index (χ4v) is 4.77. The van der Waals surface area contributed by atoms with Crippen molar-refractivity contribution in [3.63, 3.8) is 0 Å². The highest BCUT2D eigenvalue weighted by Gasteiger charge is 2.47. The molecule has 2 aromatic rings. The van der Waals surface area contributed by atoms with E-state index in [0.29, 0.717) is 0 Å². The van der Waals surface area contributed by atoms with Crippen molar-refractivity contribution in [3.05, 3.63) is 48.8 Å². The highest BCUT2D eigenvalue weighted by atomic mass is 35.5. The number of piperidine rings is 1. The molecular formula is C19H25ClN4OS. The Bertz CT molecular complexity index is 712. The molecule has 1 saturated carbocycles. The predicted molar refractivity (Wildman–Crippen MR) is 107 cm³/mol. The van der Waals surface area contributed by atoms with Crippen LogP contribution in [0.15, 0.2) is 53.7 Å². The van der Waals surface area contributed by atoms with Gasteiger partial charge in [-0.1, -0.05) is 18.2 Å². The molecule has 1 aromatic heterocycles. The largest absolute Gasteiger partial charge is 0.353 e. The molecule has 26 heavy (non-hydrogen) atoms. The Morgan fingerprint density at radius 3 is 2.50 bits per heavy atom. The summed E-state index contributed by atoms with van der Waals surface area (Å²) in [5.41, 5.74) is -0.553. The molecule has 0 bridgehead atoms. The van der Waals surface area contributed by atoms with Gasteiger partial charge < -0.3 is 10.6 Å². The van der Waals surface area contributed by atoms with Crippen LogP contribution in [0.4, 0.5) is 0 Å². The molecular weight excluding hydrogens is 368 g/mol. The minimum absolute atomic E-state index is 0. The first-order valence-electron chi connectivity index (χ1n) is 8.96. The van der Waals surface area contributed by atoms with Crippen molar-refractivity contribution in [2.24, 2.45) is 0 Å². The summed E-state index contributed by atoms with van der Waals surface area (Å²) in [5, 5.41) is 11.0. The van der Waals surface area contributed by atoms with Crippen molar-refractivity contribution in [2.45, 2.75) is 40.9 Å². The monoisotopic (exact) mass is 392 g/mol. The van der Waals surface area contributed by atoms with E-state index in [1.165, 1.54) is 4.90 Å². The number of carbonyl (C=O) groups is 1. The Hall–Kier alpha value is -1.50. The summed E-state index contributed by atoms with van der Waals surface area (Å²) in [5.74, 6) is 0.109. The quantitative estimate of drug-likeness (QED) is 0.793. The van der Waals surface area contributed by atoms with Gasteiger partial charge in [0.25, 0.3) is 0 Å². The van der Waals surface area contributed by atoms with Crippen LogP contribution in [-0.4, -0.2) is 40.1 Å². The van der Waals surface area contributed by atoms with E-state index in [9.17, 15) is 4.79 Å². The smallest absolute Gasteiger partial charge is 0.248 e. The molecule has 5 nitrogen and oxygen atoms in total. The molecule has 0 atom stereocenters. The normalized spacial score (nSPS) is 20.0. The standard InChI is InChI=1S/C19H24N4OS.ClH/c24-17(19(9-12-20-13-10-19)23-14-4-11-22-23)21-15-18(7-8-18)25-16-5-2-1-3-6-16;/h1-6,11,14,20H,7-10,12-13,15H2,(H,21,24);1H. The Labute approximate surface area is 164 Å². The second-order valence-electron chi connectivity index (χ2n) is 7.01. The number of carbonyl (C=O) groups excluding carboxylic acids is 1. The van der Waals surface area contributed by atoms with E-state index in [4.69, 9.17) is 0 Å². The highest BCUT2D eigenvalue weighted by Crippen LogP contribution is 2.51. The summed E-state index contributed by atoms with van der Waals surface area (Å²) in [7, 11) is 0. The topological polar surface area (TPSA) is 59.0 Å². The number of benzene rings is 1. The number of thioether (sulfide) groups is 1. The second kappa shape index (κ2) is 8.03. The van der Waals surface area contributed by atoms with Crippen LogP contribution < -0.4 is 10.6 Å². The molecule has 4 rings (SSSR count). The molecule has 0 spiro atoms. The average molecular weight is 393 g/mol. The fourth-order valence-electron chi connectivity index (χ4n) is 3.52. The zero-order valence-electron chi connectivity index (χ0n) is 14.7. The van der Waals surface area contributed by atoms with Crippen molar-refractivity contribution < 1.29 is 4.79 Å². The van der Waals surface area contributed by atoms with Crippen LogP contribution in [0.3, 0.4) is 0 Å². The molecule has 7 heteroatoms. The summed E-state index contributed by atoms with van der Waals surface area (Å²) < 4.78 is 2.02. The third kappa shape index (κ3) is 3.92. The first-order valence-corrected chi connectivity index (χ1v) is 9.77. The fraction of sp³-hybridized carbons (Fsp3) is 0.474. The summed E-state index contributed by atoms with van der Waals surface area (Å²) in [6, 6.07) is 12.4. The zero-order chi connectivity index (χ0) is 17.2. The molecule has 0 radical (unpaired) electrons. The molecule has 1 amide bonds. The van der Waals surface area contributed by atoms with E-state index < -0.39 is 5.54 Å². The molecule has 1 aliphatic heterocycles. The number of amides is 1. The van der Waals surface area contributed by atoms with Gasteiger partial charge in [0.1, 0.15) is 5.54 Å². The van der Waals surface area contributed by atoms with Crippen LogP contribution in [-0.2, 0) is 10.3 Å². The maximum Gasteiger partial charge on any atom is 0.248 e. The van der Waals surface area contributed by atoms with Crippen LogP contribution in [0.5, 0.6) is 0 Å². The van der Waals surface area contributed by atoms with E-state index in [1.807, 2.05) is 34.8 Å². The second-order valence-corrected chi connectivity index (χ2v) is 8.55. The lowest BCUT2D eigenvalue weighted by atomic mass is 9.87. The third-order valence-electron chi connectivity index (χ3n) is 5.25. The lowest BCUT2D eigenvalue weighted by Gasteiger charge is -2.36. The van der Waals surface area contributed by atoms with Crippen LogP contribution in [0.25, 0.3) is 0 Å². The van der Waals surface area contributed by atoms with Gasteiger partial charge in [-0.3, -0.25) is 9.48 Å². The summed E-state index contributed by atoms with van der Waals surface area (Å²) in [4.78, 5) is 14.4. The van der Waals surface area contributed by atoms with Gasteiger partial charge in [-0.2, -0.15) is 5.10 Å². The maximum atomic E-state index is 13.1. The molecule has 140 valence electrons. The zero-order valence-corrected chi connectivity index (χ0v) is 16.3. The predicted octanol–water partition coefficient (Wildman–Crippen LogP) is 2.82. The number of nitrogens with one attached hydrogen (secondary N) is 2. The van der Waals surface area contributed by atoms with Gasteiger partial charge in [0.2, 0.25) is 5.91 Å². The Balaban J connectivity index is 0.00000196. The summed E-state index contributed by atoms with van der Waals surface area (Å²) in [6.45, 7) is 2.41. The molecule has 0 unspecified atom stereocenters. The highest BCUT2D eigenvalue weighted by molar-refractivity contribution is 8.01. The van der Waals surface area contributed by atoms with Crippen LogP contribution in [0, 0.1) is 0 Å². The van der Waals surface area contributed by atoms with E-state index in [0.717, 1.165) is 45.3 Å². The first kappa shape index (κ1) is 19.3. The number of hydrogen-bond donors (Lipinski definition) is 2. The van der Waals surface area contributed by atoms with Crippen molar-refractivity contribution in [1.82, 2.24) is 20.4 Å². The van der Waals surface area contributed by atoms with Crippen molar-refractivity contribution >= 4 is 30.1 Å². The minimum atomic E-state index is -0.553. The van der Waals surface area contributed by atoms with E-state index in [-0.39, 0.29) is 23.1 Å². The van der Waals surface area contributed by atoms with Crippen molar-refractivity contribution in [1.29, 1.82) is 0 Å². The number of hydrogen-bond acceptors (Lipinski definition) is 4. The SMILES string of the molecule is Cl.O=C(NCC1(Sc2ccccc2)CC1)C1(n2cccn2)CCNCC1. The van der Waals surface area contributed by atoms with Gasteiger partial charge in [-0.15, -0.1) is 24.2 Å². The molecule has 2 heterocycles. The van der Waals surface area contributed by atoms with Crippen LogP contribution in [0.2, 0.25) is 0 Å². The molecule has 2 aliphatic rings. The van der Waals surface area contributed by atoms with Crippen molar-refractivity contribution in [2.75, 3.05) is 19.6 Å². The first-order chi connectivity index (χ1) is 12.2. The third-order valence-corrected chi connectivity index (χ3v) is 6.75. The van der Waals surface area contributed by atoms with Gasteiger partial charge in [-0.25, -0.2) is 0 Å². The molecule has 1 aromatic carbocycles. The van der Waals surface area contributed by atoms with Gasteiger partial charge >= 0.3 is 0 Å². The molecule has 2 fully saturated rings. The van der Waals surface area contributed by atoms with Crippen LogP contribution >= 0.6 is 24.2 Å². The van der Waals surface area contributed by atoms with Gasteiger partial charge in [0.05, 0.1) is 0 Å². The number of nitrogens with zero attached hydrogens (tertiary/aromatic N) is 2. The maximum absolute atomic E-state index is 13.1. The van der Waals surface area contributed by atoms with E-state index in [1.54, 1.807) is 6.20 Å². The summed E-state index contributed by atoms with van der Waals surface area (Å²) >= 11 is 1.89. The molecule has 1 saturated heterocycles. The summed E-state index contributed by atoms with van der Waals surface area (Å²) in [6.07, 6.45) is 7.53. The average Bonchev–Trinajstić information content (AvgIpc) is 3.19. The molecule has 2 N–H and O–H groups in total. The van der Waals surface area contributed by atoms with Crippen LogP contribution in [0.1, 0.15) is 25.7 Å². The lowest BCUT2D eigenvalue weighted by Crippen LogP contribution is -2.55. The van der Waals surface area contributed by atoms with Gasteiger partial charge in [0, 0.05) is 28.6 Å². The number of rotatable bonds is 6. The van der Waals surface area contributed by atoms with Crippen molar-refractivity contribution in [3.8, 4) is 0 Å². The van der Waals surface area contributed by atoms with E-state index >= 15 is 0 Å². The number of halogens is 1. The lowest BCUT2D eigenvalue weighted by molar-refractivity contribution is -0.132. The van der Waals surface area contributed by atoms with Gasteiger partial charge in [0.15, 0.2) is 0 Å². The number of aromatic nitrogens is 2. The Kier molecular flexibility index (Phi) is 5.95. The minimum Gasteiger partial charge on any atom is -0.353 e. The van der Waals surface area contributed by atoms with Gasteiger partial charge in [-0.05, 0) is 57.0 Å². The Morgan fingerprint density at radius 1 is 1.15 bits per heavy atom. The Morgan fingerprint density at radius 2 is 1.88 bits per heavy atom. The molecule has 1 aliphatic carbocycles.